The average Bonchev–Trinajstić information content (AvgIpc) is 2.77. The number of rotatable bonds is 2. The van der Waals surface area contributed by atoms with E-state index < -0.39 is 11.7 Å². The summed E-state index contributed by atoms with van der Waals surface area (Å²) in [6.45, 7) is 0. The highest BCUT2D eigenvalue weighted by Gasteiger charge is 2.19. The Labute approximate surface area is 117 Å². The summed E-state index contributed by atoms with van der Waals surface area (Å²) >= 11 is 5.93. The van der Waals surface area contributed by atoms with E-state index in [0.29, 0.717) is 5.65 Å². The number of pyridine rings is 1. The zero-order valence-corrected chi connectivity index (χ0v) is 10.7. The number of carbonyl (C=O) groups excluding carboxylic acids is 1. The molecule has 6 nitrogen and oxygen atoms in total. The number of nitrogens with one attached hydrogen (secondary N) is 1. The molecule has 0 aliphatic carbocycles. The lowest BCUT2D eigenvalue weighted by Gasteiger charge is -2.05. The molecule has 0 spiro atoms. The maximum absolute atomic E-state index is 13.5. The topological polar surface area (TPSA) is 72.2 Å². The largest absolute Gasteiger partial charge is 0.318 e. The average molecular weight is 292 g/mol. The van der Waals surface area contributed by atoms with Crippen LogP contribution in [0, 0.1) is 5.82 Å². The van der Waals surface area contributed by atoms with Crippen molar-refractivity contribution in [2.24, 2.45) is 0 Å². The number of anilines is 1. The molecular formula is C12H7ClFN5O. The van der Waals surface area contributed by atoms with Crippen molar-refractivity contribution in [1.82, 2.24) is 19.6 Å². The summed E-state index contributed by atoms with van der Waals surface area (Å²) < 4.78 is 14.7. The summed E-state index contributed by atoms with van der Waals surface area (Å²) in [5, 5.41) is 6.39. The van der Waals surface area contributed by atoms with Crippen LogP contribution in [0.4, 0.5) is 10.1 Å². The van der Waals surface area contributed by atoms with Crippen molar-refractivity contribution in [2.75, 3.05) is 5.32 Å². The van der Waals surface area contributed by atoms with E-state index in [1.54, 1.807) is 12.1 Å². The molecule has 0 saturated heterocycles. The van der Waals surface area contributed by atoms with Crippen LogP contribution in [0.25, 0.3) is 5.65 Å². The minimum Gasteiger partial charge on any atom is -0.318 e. The first-order valence-corrected chi connectivity index (χ1v) is 5.95. The molecule has 0 aliphatic heterocycles. The number of hydrogen-bond donors (Lipinski definition) is 1. The zero-order chi connectivity index (χ0) is 14.1. The molecule has 100 valence electrons. The van der Waals surface area contributed by atoms with Crippen molar-refractivity contribution in [3.63, 3.8) is 0 Å². The molecule has 0 fully saturated rings. The molecule has 8 heteroatoms. The second-order valence-electron chi connectivity index (χ2n) is 3.85. The Morgan fingerprint density at radius 1 is 1.35 bits per heavy atom. The van der Waals surface area contributed by atoms with E-state index in [2.05, 4.69) is 20.4 Å². The van der Waals surface area contributed by atoms with Gasteiger partial charge in [0.15, 0.2) is 22.3 Å². The van der Waals surface area contributed by atoms with Crippen molar-refractivity contribution in [2.45, 2.75) is 0 Å². The first-order chi connectivity index (χ1) is 9.66. The smallest absolute Gasteiger partial charge is 0.277 e. The molecule has 3 aromatic heterocycles. The maximum Gasteiger partial charge on any atom is 0.277 e. The molecule has 1 N–H and O–H groups in total. The highest BCUT2D eigenvalue weighted by molar-refractivity contribution is 6.33. The third-order valence-electron chi connectivity index (χ3n) is 2.59. The lowest BCUT2D eigenvalue weighted by atomic mass is 10.3. The number of amides is 1. The van der Waals surface area contributed by atoms with E-state index in [1.165, 1.54) is 23.0 Å². The third kappa shape index (κ3) is 2.08. The molecule has 20 heavy (non-hydrogen) atoms. The molecule has 0 aliphatic rings. The highest BCUT2D eigenvalue weighted by atomic mass is 35.5. The fourth-order valence-corrected chi connectivity index (χ4v) is 1.96. The standard InChI is InChI=1S/C12H7ClFN5O/c13-11-10(19-9(18-11)2-1-4-16-19)12(20)17-8-3-5-15-6-7(8)14/h1-6H,(H,15,17,20). The van der Waals surface area contributed by atoms with Gasteiger partial charge in [-0.3, -0.25) is 9.78 Å². The predicted octanol–water partition coefficient (Wildman–Crippen LogP) is 2.17. The Morgan fingerprint density at radius 3 is 3.00 bits per heavy atom. The minimum atomic E-state index is -0.640. The zero-order valence-electron chi connectivity index (χ0n) is 9.92. The Bertz CT molecular complexity index is 803. The molecule has 0 bridgehead atoms. The van der Waals surface area contributed by atoms with Gasteiger partial charge in [-0.1, -0.05) is 11.6 Å². The number of nitrogens with zero attached hydrogens (tertiary/aromatic N) is 4. The van der Waals surface area contributed by atoms with Gasteiger partial charge in [0.2, 0.25) is 0 Å². The van der Waals surface area contributed by atoms with Gasteiger partial charge in [0.1, 0.15) is 0 Å². The molecule has 0 unspecified atom stereocenters. The number of halogens is 2. The Balaban J connectivity index is 2.01. The van der Waals surface area contributed by atoms with E-state index in [1.807, 2.05) is 0 Å². The van der Waals surface area contributed by atoms with E-state index in [0.717, 1.165) is 6.20 Å². The molecule has 3 rings (SSSR count). The molecule has 3 heterocycles. The Hall–Kier alpha value is -2.54. The summed E-state index contributed by atoms with van der Waals surface area (Å²) in [5.74, 6) is -1.25. The molecule has 3 aromatic rings. The van der Waals surface area contributed by atoms with Crippen LogP contribution in [0.2, 0.25) is 5.15 Å². The van der Waals surface area contributed by atoms with Gasteiger partial charge in [-0.25, -0.2) is 13.9 Å². The van der Waals surface area contributed by atoms with Crippen molar-refractivity contribution >= 4 is 28.8 Å². The van der Waals surface area contributed by atoms with Gasteiger partial charge in [0.05, 0.1) is 11.9 Å². The van der Waals surface area contributed by atoms with Crippen LogP contribution in [0.3, 0.4) is 0 Å². The third-order valence-corrected chi connectivity index (χ3v) is 2.85. The van der Waals surface area contributed by atoms with Gasteiger partial charge in [0, 0.05) is 12.4 Å². The van der Waals surface area contributed by atoms with Gasteiger partial charge >= 0.3 is 0 Å². The van der Waals surface area contributed by atoms with E-state index in [9.17, 15) is 9.18 Å². The fourth-order valence-electron chi connectivity index (χ4n) is 1.71. The molecule has 1 amide bonds. The van der Waals surface area contributed by atoms with Crippen LogP contribution < -0.4 is 5.32 Å². The number of aromatic nitrogens is 4. The van der Waals surface area contributed by atoms with E-state index in [4.69, 9.17) is 11.6 Å². The summed E-state index contributed by atoms with van der Waals surface area (Å²) in [7, 11) is 0. The number of carbonyl (C=O) groups is 1. The lowest BCUT2D eigenvalue weighted by Crippen LogP contribution is -2.16. The molecule has 0 saturated carbocycles. The second-order valence-corrected chi connectivity index (χ2v) is 4.21. The first kappa shape index (κ1) is 12.5. The summed E-state index contributed by atoms with van der Waals surface area (Å²) in [6, 6.07) is 4.67. The van der Waals surface area contributed by atoms with Crippen molar-refractivity contribution in [3.05, 3.63) is 53.5 Å². The van der Waals surface area contributed by atoms with Gasteiger partial charge in [-0.2, -0.15) is 5.10 Å². The monoisotopic (exact) mass is 291 g/mol. The van der Waals surface area contributed by atoms with Gasteiger partial charge in [-0.15, -0.1) is 0 Å². The molecular weight excluding hydrogens is 285 g/mol. The summed E-state index contributed by atoms with van der Waals surface area (Å²) in [4.78, 5) is 19.8. The van der Waals surface area contributed by atoms with E-state index in [-0.39, 0.29) is 16.5 Å². The van der Waals surface area contributed by atoms with E-state index >= 15 is 0 Å². The van der Waals surface area contributed by atoms with Gasteiger partial charge in [-0.05, 0) is 18.2 Å². The Kier molecular flexibility index (Phi) is 3.03. The maximum atomic E-state index is 13.5. The van der Waals surface area contributed by atoms with Gasteiger partial charge < -0.3 is 5.32 Å². The fraction of sp³-hybridized carbons (Fsp3) is 0. The second kappa shape index (κ2) is 4.86. The molecule has 0 aromatic carbocycles. The number of hydrogen-bond acceptors (Lipinski definition) is 4. The molecule has 0 radical (unpaired) electrons. The quantitative estimate of drug-likeness (QED) is 0.785. The van der Waals surface area contributed by atoms with Crippen LogP contribution in [0.1, 0.15) is 10.5 Å². The first-order valence-electron chi connectivity index (χ1n) is 5.57. The number of fused-ring (bicyclic) bond motifs is 1. The van der Waals surface area contributed by atoms with Crippen molar-refractivity contribution < 1.29 is 9.18 Å². The van der Waals surface area contributed by atoms with Crippen LogP contribution in [-0.2, 0) is 0 Å². The molecule has 0 atom stereocenters. The van der Waals surface area contributed by atoms with Crippen molar-refractivity contribution in [1.29, 1.82) is 0 Å². The highest BCUT2D eigenvalue weighted by Crippen LogP contribution is 2.19. The lowest BCUT2D eigenvalue weighted by molar-refractivity contribution is 0.102. The van der Waals surface area contributed by atoms with Crippen molar-refractivity contribution in [3.8, 4) is 0 Å². The number of imidazole rings is 1. The normalized spacial score (nSPS) is 10.7. The summed E-state index contributed by atoms with van der Waals surface area (Å²) in [5.41, 5.74) is 0.475. The SMILES string of the molecule is O=C(Nc1ccncc1F)c1c(Cl)nc2cccnn12. The Morgan fingerprint density at radius 2 is 2.20 bits per heavy atom. The van der Waals surface area contributed by atoms with Crippen LogP contribution in [0.15, 0.2) is 36.8 Å². The van der Waals surface area contributed by atoms with Crippen LogP contribution >= 0.6 is 11.6 Å². The van der Waals surface area contributed by atoms with Crippen LogP contribution in [0.5, 0.6) is 0 Å². The minimum absolute atomic E-state index is 0.00401. The predicted molar refractivity (Wildman–Crippen MR) is 70.1 cm³/mol. The van der Waals surface area contributed by atoms with Crippen LogP contribution in [-0.4, -0.2) is 25.5 Å². The summed E-state index contributed by atoms with van der Waals surface area (Å²) in [6.07, 6.45) is 3.87. The van der Waals surface area contributed by atoms with Gasteiger partial charge in [0.25, 0.3) is 5.91 Å².